The molecule has 4 rings (SSSR count). The summed E-state index contributed by atoms with van der Waals surface area (Å²) in [7, 11) is 0. The fourth-order valence-corrected chi connectivity index (χ4v) is 3.16. The molecule has 0 atom stereocenters. The molecule has 2 heterocycles. The molecule has 4 aromatic rings. The quantitative estimate of drug-likeness (QED) is 0.563. The van der Waals surface area contributed by atoms with Crippen LogP contribution in [0.25, 0.3) is 16.9 Å². The second-order valence-corrected chi connectivity index (χ2v) is 6.68. The van der Waals surface area contributed by atoms with E-state index in [9.17, 15) is 4.79 Å². The standard InChI is InChI=1S/C23H20N4O/c1-16-8-9-20(17(2)14-16)22-21(23(28)25-18-10-12-24-13-11-18)15-27(26-22)19-6-4-3-5-7-19/h3-15H,1-2H3,(H,24,25,28). The predicted octanol–water partition coefficient (Wildman–Crippen LogP) is 4.80. The van der Waals surface area contributed by atoms with E-state index in [1.165, 1.54) is 5.56 Å². The highest BCUT2D eigenvalue weighted by atomic mass is 16.1. The minimum absolute atomic E-state index is 0.205. The average molecular weight is 368 g/mol. The van der Waals surface area contributed by atoms with E-state index in [2.05, 4.69) is 23.3 Å². The highest BCUT2D eigenvalue weighted by Crippen LogP contribution is 2.28. The van der Waals surface area contributed by atoms with Gasteiger partial charge in [-0.05, 0) is 43.7 Å². The number of carbonyl (C=O) groups is 1. The lowest BCUT2D eigenvalue weighted by atomic mass is 10.0. The van der Waals surface area contributed by atoms with Crippen molar-refractivity contribution in [2.45, 2.75) is 13.8 Å². The second-order valence-electron chi connectivity index (χ2n) is 6.68. The van der Waals surface area contributed by atoms with E-state index in [0.29, 0.717) is 16.9 Å². The van der Waals surface area contributed by atoms with Crippen LogP contribution in [-0.4, -0.2) is 20.7 Å². The topological polar surface area (TPSA) is 59.8 Å². The minimum atomic E-state index is -0.205. The smallest absolute Gasteiger partial charge is 0.259 e. The van der Waals surface area contributed by atoms with Crippen LogP contribution in [0.3, 0.4) is 0 Å². The molecule has 0 bridgehead atoms. The van der Waals surface area contributed by atoms with Gasteiger partial charge in [-0.1, -0.05) is 42.0 Å². The van der Waals surface area contributed by atoms with Crippen molar-refractivity contribution < 1.29 is 4.79 Å². The van der Waals surface area contributed by atoms with E-state index in [-0.39, 0.29) is 5.91 Å². The molecular formula is C23H20N4O. The molecule has 0 fully saturated rings. The van der Waals surface area contributed by atoms with Gasteiger partial charge in [0.15, 0.2) is 0 Å². The van der Waals surface area contributed by atoms with Gasteiger partial charge in [0.2, 0.25) is 0 Å². The lowest BCUT2D eigenvalue weighted by Gasteiger charge is -2.08. The summed E-state index contributed by atoms with van der Waals surface area (Å²) < 4.78 is 1.75. The Labute approximate surface area is 163 Å². The van der Waals surface area contributed by atoms with Crippen molar-refractivity contribution in [3.63, 3.8) is 0 Å². The van der Waals surface area contributed by atoms with Gasteiger partial charge in [0.05, 0.1) is 11.3 Å². The van der Waals surface area contributed by atoms with Gasteiger partial charge in [-0.15, -0.1) is 0 Å². The molecule has 1 N–H and O–H groups in total. The lowest BCUT2D eigenvalue weighted by molar-refractivity contribution is 0.102. The number of aromatic nitrogens is 3. The molecular weight excluding hydrogens is 348 g/mol. The van der Waals surface area contributed by atoms with Crippen LogP contribution in [0.5, 0.6) is 0 Å². The van der Waals surface area contributed by atoms with Crippen molar-refractivity contribution >= 4 is 11.6 Å². The van der Waals surface area contributed by atoms with E-state index in [1.54, 1.807) is 35.4 Å². The monoisotopic (exact) mass is 368 g/mol. The summed E-state index contributed by atoms with van der Waals surface area (Å²) in [5, 5.41) is 7.68. The molecule has 5 nitrogen and oxygen atoms in total. The molecule has 138 valence electrons. The summed E-state index contributed by atoms with van der Waals surface area (Å²) in [5.41, 5.74) is 5.97. The number of amides is 1. The molecule has 1 amide bonds. The van der Waals surface area contributed by atoms with Gasteiger partial charge in [-0.25, -0.2) is 4.68 Å². The number of rotatable bonds is 4. The number of para-hydroxylation sites is 1. The van der Waals surface area contributed by atoms with Crippen LogP contribution < -0.4 is 5.32 Å². The van der Waals surface area contributed by atoms with Gasteiger partial charge in [-0.3, -0.25) is 9.78 Å². The Balaban J connectivity index is 1.81. The zero-order valence-electron chi connectivity index (χ0n) is 15.8. The summed E-state index contributed by atoms with van der Waals surface area (Å²) in [6.07, 6.45) is 5.07. The Bertz CT molecular complexity index is 1120. The van der Waals surface area contributed by atoms with Crippen LogP contribution >= 0.6 is 0 Å². The first-order chi connectivity index (χ1) is 13.6. The van der Waals surface area contributed by atoms with Crippen LogP contribution in [0.2, 0.25) is 0 Å². The van der Waals surface area contributed by atoms with Crippen LogP contribution in [0.15, 0.2) is 79.3 Å². The summed E-state index contributed by atoms with van der Waals surface area (Å²) in [6, 6.07) is 19.4. The van der Waals surface area contributed by atoms with Gasteiger partial charge >= 0.3 is 0 Å². The van der Waals surface area contributed by atoms with Gasteiger partial charge in [0.25, 0.3) is 5.91 Å². The Morgan fingerprint density at radius 3 is 2.43 bits per heavy atom. The second kappa shape index (κ2) is 7.48. The van der Waals surface area contributed by atoms with Crippen LogP contribution in [0.4, 0.5) is 5.69 Å². The number of aryl methyl sites for hydroxylation is 2. The SMILES string of the molecule is Cc1ccc(-c2nn(-c3ccccc3)cc2C(=O)Nc2ccncc2)c(C)c1. The van der Waals surface area contributed by atoms with Gasteiger partial charge in [-0.2, -0.15) is 5.10 Å². The largest absolute Gasteiger partial charge is 0.322 e. The molecule has 0 unspecified atom stereocenters. The normalized spacial score (nSPS) is 10.6. The fourth-order valence-electron chi connectivity index (χ4n) is 3.16. The van der Waals surface area contributed by atoms with Crippen LogP contribution in [-0.2, 0) is 0 Å². The number of carbonyl (C=O) groups excluding carboxylic acids is 1. The van der Waals surface area contributed by atoms with E-state index < -0.39 is 0 Å². The van der Waals surface area contributed by atoms with Gasteiger partial charge in [0.1, 0.15) is 5.69 Å². The number of benzene rings is 2. The molecule has 0 radical (unpaired) electrons. The molecule has 0 spiro atoms. The van der Waals surface area contributed by atoms with Crippen molar-refractivity contribution in [2.75, 3.05) is 5.32 Å². The molecule has 0 aliphatic carbocycles. The summed E-state index contributed by atoms with van der Waals surface area (Å²) >= 11 is 0. The van der Waals surface area contributed by atoms with E-state index in [1.807, 2.05) is 49.4 Å². The maximum Gasteiger partial charge on any atom is 0.259 e. The first-order valence-corrected chi connectivity index (χ1v) is 9.06. The zero-order chi connectivity index (χ0) is 19.5. The maximum absolute atomic E-state index is 13.0. The molecule has 2 aromatic carbocycles. The number of nitrogens with one attached hydrogen (secondary N) is 1. The Kier molecular flexibility index (Phi) is 4.72. The van der Waals surface area contributed by atoms with Crippen molar-refractivity contribution in [2.24, 2.45) is 0 Å². The van der Waals surface area contributed by atoms with Crippen LogP contribution in [0.1, 0.15) is 21.5 Å². The Morgan fingerprint density at radius 2 is 1.71 bits per heavy atom. The maximum atomic E-state index is 13.0. The number of pyridine rings is 1. The molecule has 0 saturated carbocycles. The van der Waals surface area contributed by atoms with Gasteiger partial charge in [0, 0.05) is 29.8 Å². The minimum Gasteiger partial charge on any atom is -0.322 e. The highest BCUT2D eigenvalue weighted by Gasteiger charge is 2.20. The zero-order valence-corrected chi connectivity index (χ0v) is 15.8. The Hall–Kier alpha value is -3.73. The summed E-state index contributed by atoms with van der Waals surface area (Å²) in [4.78, 5) is 17.0. The predicted molar refractivity (Wildman–Crippen MR) is 111 cm³/mol. The van der Waals surface area contributed by atoms with Crippen molar-refractivity contribution in [3.8, 4) is 16.9 Å². The third kappa shape index (κ3) is 3.55. The third-order valence-electron chi connectivity index (χ3n) is 4.55. The number of anilines is 1. The summed E-state index contributed by atoms with van der Waals surface area (Å²) in [6.45, 7) is 4.09. The number of hydrogen-bond donors (Lipinski definition) is 1. The Morgan fingerprint density at radius 1 is 0.964 bits per heavy atom. The van der Waals surface area contributed by atoms with Gasteiger partial charge < -0.3 is 5.32 Å². The van der Waals surface area contributed by atoms with E-state index >= 15 is 0 Å². The molecule has 0 aliphatic rings. The van der Waals surface area contributed by atoms with E-state index in [4.69, 9.17) is 5.10 Å². The molecule has 28 heavy (non-hydrogen) atoms. The number of nitrogens with zero attached hydrogens (tertiary/aromatic N) is 3. The average Bonchev–Trinajstić information content (AvgIpc) is 3.15. The summed E-state index contributed by atoms with van der Waals surface area (Å²) in [5.74, 6) is -0.205. The molecule has 0 saturated heterocycles. The van der Waals surface area contributed by atoms with Crippen molar-refractivity contribution in [1.29, 1.82) is 0 Å². The highest BCUT2D eigenvalue weighted by molar-refractivity contribution is 6.08. The van der Waals surface area contributed by atoms with Crippen molar-refractivity contribution in [3.05, 3.63) is 95.9 Å². The molecule has 2 aromatic heterocycles. The third-order valence-corrected chi connectivity index (χ3v) is 4.55. The first-order valence-electron chi connectivity index (χ1n) is 9.06. The fraction of sp³-hybridized carbons (Fsp3) is 0.0870. The van der Waals surface area contributed by atoms with E-state index in [0.717, 1.165) is 16.8 Å². The first kappa shape index (κ1) is 17.7. The molecule has 0 aliphatic heterocycles. The molecule has 5 heteroatoms. The lowest BCUT2D eigenvalue weighted by Crippen LogP contribution is -2.12. The van der Waals surface area contributed by atoms with Crippen LogP contribution in [0, 0.1) is 13.8 Å². The van der Waals surface area contributed by atoms with Crippen molar-refractivity contribution in [1.82, 2.24) is 14.8 Å². The number of hydrogen-bond acceptors (Lipinski definition) is 3.